The number of nitrogens with one attached hydrogen (secondary N) is 1. The van der Waals surface area contributed by atoms with Crippen molar-refractivity contribution in [3.8, 4) is 0 Å². The Kier molecular flexibility index (Phi) is 5.76. The number of carbonyl (C=O) groups excluding carboxylic acids is 1. The molecule has 0 radical (unpaired) electrons. The Morgan fingerprint density at radius 3 is 2.95 bits per heavy atom. The van der Waals surface area contributed by atoms with Gasteiger partial charge in [-0.05, 0) is 43.0 Å². The molecule has 1 fully saturated rings. The van der Waals surface area contributed by atoms with Gasteiger partial charge in [0.15, 0.2) is 0 Å². The minimum Gasteiger partial charge on any atom is -0.329 e. The molecular weight excluding hydrogens is 262 g/mol. The minimum absolute atomic E-state index is 0.0521. The molecule has 1 heterocycles. The number of hydrogen-bond donors (Lipinski definition) is 2. The smallest absolute Gasteiger partial charge is 0.238 e. The molecule has 1 aromatic carbocycles. The van der Waals surface area contributed by atoms with Gasteiger partial charge < -0.3 is 11.1 Å². The summed E-state index contributed by atoms with van der Waals surface area (Å²) >= 11 is 0. The molecule has 0 saturated carbocycles. The maximum atomic E-state index is 12.2. The van der Waals surface area contributed by atoms with Gasteiger partial charge in [-0.2, -0.15) is 0 Å². The van der Waals surface area contributed by atoms with E-state index in [9.17, 15) is 4.79 Å². The topological polar surface area (TPSA) is 58.4 Å². The SMILES string of the molecule is CC(C)c1cccc(NC(=O)CN2CCCCC2CN)c1. The summed E-state index contributed by atoms with van der Waals surface area (Å²) in [6.07, 6.45) is 3.48. The molecule has 2 rings (SSSR count). The zero-order valence-electron chi connectivity index (χ0n) is 13.1. The van der Waals surface area contributed by atoms with Crippen molar-refractivity contribution < 1.29 is 4.79 Å². The predicted molar refractivity (Wildman–Crippen MR) is 87.4 cm³/mol. The molecular formula is C17H27N3O. The number of carbonyl (C=O) groups is 1. The summed E-state index contributed by atoms with van der Waals surface area (Å²) in [4.78, 5) is 14.4. The summed E-state index contributed by atoms with van der Waals surface area (Å²) in [5.74, 6) is 0.516. The summed E-state index contributed by atoms with van der Waals surface area (Å²) < 4.78 is 0. The summed E-state index contributed by atoms with van der Waals surface area (Å²) in [6.45, 7) is 6.35. The maximum absolute atomic E-state index is 12.2. The van der Waals surface area contributed by atoms with Crippen molar-refractivity contribution in [2.24, 2.45) is 5.73 Å². The Labute approximate surface area is 127 Å². The van der Waals surface area contributed by atoms with E-state index in [1.54, 1.807) is 0 Å². The Bertz CT molecular complexity index is 473. The van der Waals surface area contributed by atoms with Crippen molar-refractivity contribution in [1.82, 2.24) is 4.90 Å². The fraction of sp³-hybridized carbons (Fsp3) is 0.588. The number of rotatable bonds is 5. The minimum atomic E-state index is 0.0521. The van der Waals surface area contributed by atoms with Gasteiger partial charge in [-0.3, -0.25) is 9.69 Å². The first kappa shape index (κ1) is 16.0. The van der Waals surface area contributed by atoms with Crippen molar-refractivity contribution in [3.05, 3.63) is 29.8 Å². The highest BCUT2D eigenvalue weighted by Crippen LogP contribution is 2.19. The van der Waals surface area contributed by atoms with E-state index in [0.717, 1.165) is 25.1 Å². The molecule has 1 aromatic rings. The van der Waals surface area contributed by atoms with Crippen LogP contribution in [0.1, 0.15) is 44.6 Å². The summed E-state index contributed by atoms with van der Waals surface area (Å²) in [7, 11) is 0. The fourth-order valence-corrected chi connectivity index (χ4v) is 2.90. The highest BCUT2D eigenvalue weighted by molar-refractivity contribution is 5.92. The number of amides is 1. The molecule has 116 valence electrons. The molecule has 1 amide bonds. The Morgan fingerprint density at radius 2 is 2.24 bits per heavy atom. The van der Waals surface area contributed by atoms with Crippen molar-refractivity contribution in [1.29, 1.82) is 0 Å². The van der Waals surface area contributed by atoms with E-state index in [1.807, 2.05) is 12.1 Å². The van der Waals surface area contributed by atoms with Crippen molar-refractivity contribution >= 4 is 11.6 Å². The molecule has 0 aliphatic carbocycles. The molecule has 1 saturated heterocycles. The third-order valence-corrected chi connectivity index (χ3v) is 4.20. The summed E-state index contributed by atoms with van der Waals surface area (Å²) in [5.41, 5.74) is 7.92. The highest BCUT2D eigenvalue weighted by atomic mass is 16.2. The van der Waals surface area contributed by atoms with Crippen LogP contribution in [0, 0.1) is 0 Å². The first-order valence-corrected chi connectivity index (χ1v) is 7.94. The van der Waals surface area contributed by atoms with E-state index in [4.69, 9.17) is 5.73 Å². The lowest BCUT2D eigenvalue weighted by Crippen LogP contribution is -2.47. The van der Waals surface area contributed by atoms with Crippen molar-refractivity contribution in [2.45, 2.75) is 45.1 Å². The molecule has 0 spiro atoms. The number of nitrogens with two attached hydrogens (primary N) is 1. The predicted octanol–water partition coefficient (Wildman–Crippen LogP) is 2.56. The summed E-state index contributed by atoms with van der Waals surface area (Å²) in [6, 6.07) is 8.44. The molecule has 0 aromatic heterocycles. The second-order valence-corrected chi connectivity index (χ2v) is 6.18. The number of anilines is 1. The third-order valence-electron chi connectivity index (χ3n) is 4.20. The van der Waals surface area contributed by atoms with E-state index in [2.05, 4.69) is 36.2 Å². The van der Waals surface area contributed by atoms with Crippen LogP contribution in [0.4, 0.5) is 5.69 Å². The number of piperidine rings is 1. The van der Waals surface area contributed by atoms with Crippen LogP contribution in [-0.2, 0) is 4.79 Å². The first-order valence-electron chi connectivity index (χ1n) is 7.94. The highest BCUT2D eigenvalue weighted by Gasteiger charge is 2.22. The van der Waals surface area contributed by atoms with Gasteiger partial charge in [0.2, 0.25) is 5.91 Å². The van der Waals surface area contributed by atoms with Crippen LogP contribution >= 0.6 is 0 Å². The molecule has 1 unspecified atom stereocenters. The number of hydrogen-bond acceptors (Lipinski definition) is 3. The van der Waals surface area contributed by atoms with Crippen LogP contribution in [0.3, 0.4) is 0 Å². The Hall–Kier alpha value is -1.39. The second kappa shape index (κ2) is 7.57. The molecule has 1 atom stereocenters. The van der Waals surface area contributed by atoms with Crippen LogP contribution in [0.5, 0.6) is 0 Å². The lowest BCUT2D eigenvalue weighted by Gasteiger charge is -2.34. The Balaban J connectivity index is 1.93. The maximum Gasteiger partial charge on any atom is 0.238 e. The number of likely N-dealkylation sites (tertiary alicyclic amines) is 1. The monoisotopic (exact) mass is 289 g/mol. The normalized spacial score (nSPS) is 19.7. The lowest BCUT2D eigenvalue weighted by molar-refractivity contribution is -0.118. The van der Waals surface area contributed by atoms with Gasteiger partial charge in [0.1, 0.15) is 0 Å². The van der Waals surface area contributed by atoms with Crippen molar-refractivity contribution in [3.63, 3.8) is 0 Å². The fourth-order valence-electron chi connectivity index (χ4n) is 2.90. The molecule has 0 bridgehead atoms. The second-order valence-electron chi connectivity index (χ2n) is 6.18. The van der Waals surface area contributed by atoms with Crippen LogP contribution < -0.4 is 11.1 Å². The standard InChI is InChI=1S/C17H27N3O/c1-13(2)14-6-5-7-15(10-14)19-17(21)12-20-9-4-3-8-16(20)11-18/h5-7,10,13,16H,3-4,8-9,11-12,18H2,1-2H3,(H,19,21). The number of nitrogens with zero attached hydrogens (tertiary/aromatic N) is 1. The third kappa shape index (κ3) is 4.55. The van der Waals surface area contributed by atoms with Crippen LogP contribution in [0.15, 0.2) is 24.3 Å². The zero-order chi connectivity index (χ0) is 15.2. The quantitative estimate of drug-likeness (QED) is 0.876. The van der Waals surface area contributed by atoms with Gasteiger partial charge >= 0.3 is 0 Å². The Morgan fingerprint density at radius 1 is 1.43 bits per heavy atom. The molecule has 1 aliphatic rings. The van der Waals surface area contributed by atoms with E-state index in [-0.39, 0.29) is 5.91 Å². The lowest BCUT2D eigenvalue weighted by atomic mass is 10.0. The number of benzene rings is 1. The van der Waals surface area contributed by atoms with Gasteiger partial charge in [-0.1, -0.05) is 32.4 Å². The van der Waals surface area contributed by atoms with Gasteiger partial charge in [-0.25, -0.2) is 0 Å². The average Bonchev–Trinajstić information content (AvgIpc) is 2.48. The van der Waals surface area contributed by atoms with Gasteiger partial charge in [0.05, 0.1) is 6.54 Å². The van der Waals surface area contributed by atoms with Gasteiger partial charge in [0, 0.05) is 18.3 Å². The van der Waals surface area contributed by atoms with Crippen LogP contribution in [-0.4, -0.2) is 36.5 Å². The average molecular weight is 289 g/mol. The first-order chi connectivity index (χ1) is 10.1. The van der Waals surface area contributed by atoms with E-state index >= 15 is 0 Å². The van der Waals surface area contributed by atoms with Gasteiger partial charge in [-0.15, -0.1) is 0 Å². The van der Waals surface area contributed by atoms with Gasteiger partial charge in [0.25, 0.3) is 0 Å². The van der Waals surface area contributed by atoms with E-state index < -0.39 is 0 Å². The molecule has 4 nitrogen and oxygen atoms in total. The van der Waals surface area contributed by atoms with E-state index in [1.165, 1.54) is 12.0 Å². The molecule has 4 heteroatoms. The molecule has 1 aliphatic heterocycles. The zero-order valence-corrected chi connectivity index (χ0v) is 13.1. The van der Waals surface area contributed by atoms with Crippen LogP contribution in [0.2, 0.25) is 0 Å². The largest absolute Gasteiger partial charge is 0.329 e. The molecule has 21 heavy (non-hydrogen) atoms. The molecule has 3 N–H and O–H groups in total. The summed E-state index contributed by atoms with van der Waals surface area (Å²) in [5, 5.41) is 3.01. The van der Waals surface area contributed by atoms with Crippen LogP contribution in [0.25, 0.3) is 0 Å². The van der Waals surface area contributed by atoms with Crippen molar-refractivity contribution in [2.75, 3.05) is 25.0 Å². The van der Waals surface area contributed by atoms with E-state index in [0.29, 0.717) is 25.0 Å².